The number of amides is 1. The minimum absolute atomic E-state index is 0.179. The summed E-state index contributed by atoms with van der Waals surface area (Å²) in [6.07, 6.45) is 2.70. The number of carbonyl (C=O) groups excluding carboxylic acids is 1. The second-order valence-corrected chi connectivity index (χ2v) is 7.51. The van der Waals surface area contributed by atoms with Crippen molar-refractivity contribution in [3.8, 4) is 0 Å². The average molecular weight is 328 g/mol. The Morgan fingerprint density at radius 3 is 2.32 bits per heavy atom. The lowest BCUT2D eigenvalue weighted by Gasteiger charge is -2.37. The monoisotopic (exact) mass is 328 g/mol. The van der Waals surface area contributed by atoms with Crippen molar-refractivity contribution in [1.82, 2.24) is 24.1 Å². The van der Waals surface area contributed by atoms with Crippen LogP contribution in [-0.2, 0) is 9.89 Å². The highest BCUT2D eigenvalue weighted by atomic mass is 32.2. The predicted octanol–water partition coefficient (Wildman–Crippen LogP) is -1.17. The first-order valence-corrected chi connectivity index (χ1v) is 8.31. The molecule has 0 aromatic carbocycles. The molecule has 1 aromatic rings. The zero-order chi connectivity index (χ0) is 16.3. The first-order chi connectivity index (χ1) is 10.4. The maximum Gasteiger partial charge on any atom is 0.277 e. The maximum absolute atomic E-state index is 12.5. The first-order valence-electron chi connectivity index (χ1n) is 6.67. The number of rotatable bonds is 4. The lowest BCUT2D eigenvalue weighted by Crippen LogP contribution is -2.52. The molecule has 2 rings (SSSR count). The molecule has 1 unspecified atom stereocenters. The summed E-state index contributed by atoms with van der Waals surface area (Å²) in [7, 11) is 1.08. The van der Waals surface area contributed by atoms with Gasteiger partial charge in [0.15, 0.2) is 0 Å². The Balaban J connectivity index is 2.01. The first kappa shape index (κ1) is 16.6. The van der Waals surface area contributed by atoms with E-state index in [2.05, 4.69) is 15.8 Å². The predicted molar refractivity (Wildman–Crippen MR) is 84.0 cm³/mol. The highest BCUT2D eigenvalue weighted by molar-refractivity contribution is 7.95. The number of aromatic nitrogens is 2. The van der Waals surface area contributed by atoms with Crippen molar-refractivity contribution in [3.63, 3.8) is 0 Å². The summed E-state index contributed by atoms with van der Waals surface area (Å²) >= 11 is 0. The van der Waals surface area contributed by atoms with Crippen LogP contribution in [0.25, 0.3) is 0 Å². The SMILES string of the molecule is C=S(=O)(N(C)C)N1CCN(c2ncc(C(=O)NO)cn2)CC1. The molecular weight excluding hydrogens is 308 g/mol. The number of hydrogen-bond acceptors (Lipinski definition) is 6. The van der Waals surface area contributed by atoms with Gasteiger partial charge >= 0.3 is 0 Å². The van der Waals surface area contributed by atoms with Crippen LogP contribution in [0.3, 0.4) is 0 Å². The Hall–Kier alpha value is -1.75. The van der Waals surface area contributed by atoms with Crippen molar-refractivity contribution in [2.24, 2.45) is 0 Å². The standard InChI is InChI=1S/C12H20N6O3S/c1-16(2)22(3,21)18-6-4-17(5-7-18)12-13-8-10(9-14-12)11(19)15-20/h8-9,20H,3-7H2,1-2H3,(H,15,19). The summed E-state index contributed by atoms with van der Waals surface area (Å²) < 4.78 is 15.9. The number of hydroxylamine groups is 1. The second-order valence-electron chi connectivity index (χ2n) is 5.05. The summed E-state index contributed by atoms with van der Waals surface area (Å²) in [5.74, 6) is 3.63. The van der Waals surface area contributed by atoms with E-state index in [4.69, 9.17) is 5.21 Å². The molecule has 0 saturated carbocycles. The molecule has 1 aliphatic heterocycles. The molecule has 0 bridgehead atoms. The van der Waals surface area contributed by atoms with Crippen molar-refractivity contribution in [3.05, 3.63) is 18.0 Å². The van der Waals surface area contributed by atoms with Gasteiger partial charge in [-0.2, -0.15) is 0 Å². The van der Waals surface area contributed by atoms with E-state index >= 15 is 0 Å². The molecular formula is C12H20N6O3S. The molecule has 10 heteroatoms. The second kappa shape index (κ2) is 6.57. The molecule has 0 spiro atoms. The van der Waals surface area contributed by atoms with E-state index in [1.54, 1.807) is 18.4 Å². The third-order valence-corrected chi connectivity index (χ3v) is 5.81. The number of hydrogen-bond donors (Lipinski definition) is 2. The van der Waals surface area contributed by atoms with Crippen LogP contribution < -0.4 is 10.4 Å². The van der Waals surface area contributed by atoms with Crippen molar-refractivity contribution in [2.45, 2.75) is 0 Å². The van der Waals surface area contributed by atoms with E-state index in [1.165, 1.54) is 17.9 Å². The molecule has 9 nitrogen and oxygen atoms in total. The van der Waals surface area contributed by atoms with Gasteiger partial charge in [0.1, 0.15) is 0 Å². The maximum atomic E-state index is 12.5. The molecule has 0 aliphatic carbocycles. The van der Waals surface area contributed by atoms with Crippen LogP contribution >= 0.6 is 0 Å². The zero-order valence-electron chi connectivity index (χ0n) is 12.6. The molecule has 1 amide bonds. The van der Waals surface area contributed by atoms with E-state index in [0.29, 0.717) is 32.1 Å². The van der Waals surface area contributed by atoms with E-state index < -0.39 is 15.8 Å². The fourth-order valence-corrected chi connectivity index (χ4v) is 3.27. The van der Waals surface area contributed by atoms with Gasteiger partial charge in [-0.3, -0.25) is 10.0 Å². The number of nitrogens with zero attached hydrogens (tertiary/aromatic N) is 5. The minimum Gasteiger partial charge on any atom is -0.338 e. The van der Waals surface area contributed by atoms with Crippen molar-refractivity contribution in [1.29, 1.82) is 0 Å². The van der Waals surface area contributed by atoms with Crippen molar-refractivity contribution in [2.75, 3.05) is 45.2 Å². The van der Waals surface area contributed by atoms with Gasteiger partial charge in [-0.25, -0.2) is 28.3 Å². The molecule has 1 aromatic heterocycles. The Bertz CT molecular complexity index is 623. The van der Waals surface area contributed by atoms with E-state index in [0.717, 1.165) is 0 Å². The fourth-order valence-electron chi connectivity index (χ4n) is 2.07. The molecule has 1 saturated heterocycles. The molecule has 1 fully saturated rings. The van der Waals surface area contributed by atoms with Gasteiger partial charge in [0, 0.05) is 52.7 Å². The molecule has 2 N–H and O–H groups in total. The Morgan fingerprint density at radius 2 is 1.86 bits per heavy atom. The topological polar surface area (TPSA) is 102 Å². The van der Waals surface area contributed by atoms with E-state index in [9.17, 15) is 9.00 Å². The summed E-state index contributed by atoms with van der Waals surface area (Å²) in [6.45, 7) is 2.41. The Labute approximate surface area is 129 Å². The number of piperazine rings is 1. The van der Waals surface area contributed by atoms with Crippen LogP contribution in [0.4, 0.5) is 5.95 Å². The van der Waals surface area contributed by atoms with Gasteiger partial charge in [0.05, 0.1) is 15.5 Å². The van der Waals surface area contributed by atoms with Gasteiger partial charge in [-0.15, -0.1) is 0 Å². The number of anilines is 1. The fraction of sp³-hybridized carbons (Fsp3) is 0.500. The number of nitrogens with one attached hydrogen (secondary N) is 1. The smallest absolute Gasteiger partial charge is 0.277 e. The third kappa shape index (κ3) is 3.35. The van der Waals surface area contributed by atoms with Crippen LogP contribution in [0.1, 0.15) is 10.4 Å². The molecule has 1 atom stereocenters. The number of carbonyl (C=O) groups is 1. The summed E-state index contributed by atoms with van der Waals surface area (Å²) in [4.78, 5) is 21.4. The lowest BCUT2D eigenvalue weighted by atomic mass is 10.3. The normalized spacial score (nSPS) is 19.0. The largest absolute Gasteiger partial charge is 0.338 e. The van der Waals surface area contributed by atoms with Crippen LogP contribution in [0.5, 0.6) is 0 Å². The highest BCUT2D eigenvalue weighted by Gasteiger charge is 2.25. The highest BCUT2D eigenvalue weighted by Crippen LogP contribution is 2.14. The quantitative estimate of drug-likeness (QED) is 0.410. The van der Waals surface area contributed by atoms with Gasteiger partial charge in [-0.05, 0) is 5.87 Å². The minimum atomic E-state index is -2.41. The van der Waals surface area contributed by atoms with E-state index in [1.807, 2.05) is 9.21 Å². The molecule has 22 heavy (non-hydrogen) atoms. The Kier molecular flexibility index (Phi) is 4.96. The van der Waals surface area contributed by atoms with Crippen LogP contribution in [0.15, 0.2) is 12.4 Å². The summed E-state index contributed by atoms with van der Waals surface area (Å²) in [5.41, 5.74) is 1.71. The van der Waals surface area contributed by atoms with Crippen LogP contribution in [0.2, 0.25) is 0 Å². The van der Waals surface area contributed by atoms with Gasteiger partial charge in [-0.1, -0.05) is 0 Å². The van der Waals surface area contributed by atoms with Crippen LogP contribution in [-0.4, -0.2) is 80.0 Å². The molecule has 122 valence electrons. The third-order valence-electron chi connectivity index (χ3n) is 3.50. The Morgan fingerprint density at radius 1 is 1.32 bits per heavy atom. The lowest BCUT2D eigenvalue weighted by molar-refractivity contribution is 0.0705. The average Bonchev–Trinajstić information content (AvgIpc) is 2.54. The summed E-state index contributed by atoms with van der Waals surface area (Å²) in [5, 5.41) is 8.55. The van der Waals surface area contributed by atoms with Gasteiger partial charge in [0.25, 0.3) is 5.91 Å². The summed E-state index contributed by atoms with van der Waals surface area (Å²) in [6, 6.07) is 0. The van der Waals surface area contributed by atoms with Gasteiger partial charge < -0.3 is 4.90 Å². The molecule has 0 radical (unpaired) electrons. The van der Waals surface area contributed by atoms with Crippen LogP contribution in [0, 0.1) is 0 Å². The molecule has 1 aliphatic rings. The van der Waals surface area contributed by atoms with Crippen molar-refractivity contribution >= 4 is 27.6 Å². The van der Waals surface area contributed by atoms with Gasteiger partial charge in [0.2, 0.25) is 5.95 Å². The molecule has 2 heterocycles. The zero-order valence-corrected chi connectivity index (χ0v) is 13.4. The van der Waals surface area contributed by atoms with E-state index in [-0.39, 0.29) is 5.56 Å². The van der Waals surface area contributed by atoms with Crippen molar-refractivity contribution < 1.29 is 14.2 Å².